The molecule has 0 unspecified atom stereocenters. The number of piperidine rings is 1. The van der Waals surface area contributed by atoms with Gasteiger partial charge in [0, 0.05) is 36.1 Å². The van der Waals surface area contributed by atoms with Crippen molar-refractivity contribution in [1.82, 2.24) is 10.4 Å². The van der Waals surface area contributed by atoms with Gasteiger partial charge in [-0.1, -0.05) is 28.1 Å². The average Bonchev–Trinajstić information content (AvgIpc) is 2.72. The summed E-state index contributed by atoms with van der Waals surface area (Å²) in [7, 11) is 2.05. The van der Waals surface area contributed by atoms with Gasteiger partial charge < -0.3 is 5.32 Å². The van der Waals surface area contributed by atoms with E-state index in [1.807, 2.05) is 5.06 Å². The van der Waals surface area contributed by atoms with Crippen molar-refractivity contribution in [2.24, 2.45) is 5.92 Å². The molecule has 1 N–H and O–H groups in total. The minimum atomic E-state index is 0.452. The molecule has 0 saturated carbocycles. The summed E-state index contributed by atoms with van der Waals surface area (Å²) in [6, 6.07) is 9.62. The molecule has 3 rings (SSSR count). The maximum atomic E-state index is 5.59. The van der Waals surface area contributed by atoms with Crippen LogP contribution in [0.25, 0.3) is 0 Å². The Morgan fingerprint density at radius 1 is 1.35 bits per heavy atom. The second-order valence-corrected chi connectivity index (χ2v) is 5.83. The molecule has 1 aromatic carbocycles. The summed E-state index contributed by atoms with van der Waals surface area (Å²) in [6.07, 6.45) is 1.13. The highest BCUT2D eigenvalue weighted by Crippen LogP contribution is 2.33. The molecular weight excluding hydrogens is 280 g/mol. The number of hydrogen-bond acceptors (Lipinski definition) is 3. The second-order valence-electron chi connectivity index (χ2n) is 4.92. The van der Waals surface area contributed by atoms with E-state index in [4.69, 9.17) is 4.84 Å². The molecule has 4 heteroatoms. The lowest BCUT2D eigenvalue weighted by Gasteiger charge is -2.34. The Kier molecular flexibility index (Phi) is 3.21. The molecule has 3 nitrogen and oxygen atoms in total. The Labute approximate surface area is 110 Å². The normalized spacial score (nSPS) is 33.6. The minimum Gasteiger partial charge on any atom is -0.309 e. The van der Waals surface area contributed by atoms with Gasteiger partial charge in [-0.05, 0) is 24.1 Å². The summed E-state index contributed by atoms with van der Waals surface area (Å²) in [5.74, 6) is 0.645. The number of benzene rings is 1. The maximum absolute atomic E-state index is 5.59. The van der Waals surface area contributed by atoms with Crippen molar-refractivity contribution in [1.29, 1.82) is 0 Å². The van der Waals surface area contributed by atoms with E-state index in [2.05, 4.69) is 52.6 Å². The molecule has 0 amide bonds. The highest BCUT2D eigenvalue weighted by molar-refractivity contribution is 9.10. The zero-order chi connectivity index (χ0) is 11.8. The summed E-state index contributed by atoms with van der Waals surface area (Å²) in [4.78, 5) is 5.59. The van der Waals surface area contributed by atoms with Gasteiger partial charge in [0.25, 0.3) is 0 Å². The largest absolute Gasteiger partial charge is 0.309 e. The van der Waals surface area contributed by atoms with Crippen molar-refractivity contribution >= 4 is 15.9 Å². The Bertz CT molecular complexity index is 395. The quantitative estimate of drug-likeness (QED) is 0.861. The standard InChI is InChI=1S/C13H17BrN2O/c1-16-13-6-12(15-7-10(13)8-17-16)9-2-4-11(14)5-3-9/h2-5,10,12-13,15H,6-8H2,1H3/t10-,12-,13-/m0/s1. The van der Waals surface area contributed by atoms with Gasteiger partial charge in [-0.15, -0.1) is 0 Å². The summed E-state index contributed by atoms with van der Waals surface area (Å²) in [5, 5.41) is 5.66. The van der Waals surface area contributed by atoms with E-state index < -0.39 is 0 Å². The summed E-state index contributed by atoms with van der Waals surface area (Å²) in [5.41, 5.74) is 1.37. The minimum absolute atomic E-state index is 0.452. The van der Waals surface area contributed by atoms with Crippen LogP contribution in [0.2, 0.25) is 0 Å². The first-order chi connectivity index (χ1) is 8.24. The van der Waals surface area contributed by atoms with Gasteiger partial charge in [0.2, 0.25) is 0 Å². The molecule has 2 heterocycles. The number of nitrogens with one attached hydrogen (secondary N) is 1. The number of fused-ring (bicyclic) bond motifs is 1. The third-order valence-electron chi connectivity index (χ3n) is 3.88. The Hall–Kier alpha value is -0.420. The van der Waals surface area contributed by atoms with Crippen molar-refractivity contribution in [3.8, 4) is 0 Å². The summed E-state index contributed by atoms with van der Waals surface area (Å²) in [6.45, 7) is 1.91. The molecular formula is C13H17BrN2O. The predicted molar refractivity (Wildman–Crippen MR) is 70.5 cm³/mol. The van der Waals surface area contributed by atoms with Gasteiger partial charge in [-0.3, -0.25) is 4.84 Å². The van der Waals surface area contributed by atoms with E-state index in [0.29, 0.717) is 18.0 Å². The first-order valence-electron chi connectivity index (χ1n) is 6.08. The van der Waals surface area contributed by atoms with E-state index in [1.54, 1.807) is 0 Å². The number of rotatable bonds is 1. The van der Waals surface area contributed by atoms with E-state index in [-0.39, 0.29) is 0 Å². The molecule has 0 spiro atoms. The maximum Gasteiger partial charge on any atom is 0.0741 e. The van der Waals surface area contributed by atoms with Gasteiger partial charge in [-0.25, -0.2) is 0 Å². The molecule has 2 fully saturated rings. The molecule has 0 bridgehead atoms. The van der Waals surface area contributed by atoms with Crippen LogP contribution in [0, 0.1) is 5.92 Å². The Morgan fingerprint density at radius 2 is 2.12 bits per heavy atom. The first kappa shape index (κ1) is 11.7. The van der Waals surface area contributed by atoms with Crippen LogP contribution in [0.3, 0.4) is 0 Å². The van der Waals surface area contributed by atoms with Crippen LogP contribution in [0.4, 0.5) is 0 Å². The monoisotopic (exact) mass is 296 g/mol. The lowest BCUT2D eigenvalue weighted by atomic mass is 9.87. The van der Waals surface area contributed by atoms with Gasteiger partial charge in [0.15, 0.2) is 0 Å². The Balaban J connectivity index is 1.75. The van der Waals surface area contributed by atoms with Crippen molar-refractivity contribution < 1.29 is 4.84 Å². The molecule has 2 saturated heterocycles. The molecule has 3 atom stereocenters. The van der Waals surface area contributed by atoms with Crippen LogP contribution in [0.5, 0.6) is 0 Å². The zero-order valence-electron chi connectivity index (χ0n) is 9.90. The van der Waals surface area contributed by atoms with Crippen molar-refractivity contribution in [2.75, 3.05) is 20.2 Å². The lowest BCUT2D eigenvalue weighted by Crippen LogP contribution is -2.44. The van der Waals surface area contributed by atoms with Crippen molar-refractivity contribution in [3.63, 3.8) is 0 Å². The predicted octanol–water partition coefficient (Wildman–Crippen LogP) is 2.35. The molecule has 0 aromatic heterocycles. The zero-order valence-corrected chi connectivity index (χ0v) is 11.5. The van der Waals surface area contributed by atoms with Gasteiger partial charge >= 0.3 is 0 Å². The number of nitrogens with zero attached hydrogens (tertiary/aromatic N) is 1. The van der Waals surface area contributed by atoms with Crippen LogP contribution in [-0.2, 0) is 4.84 Å². The van der Waals surface area contributed by atoms with Crippen LogP contribution in [0.15, 0.2) is 28.7 Å². The molecule has 1 aromatic rings. The van der Waals surface area contributed by atoms with E-state index in [0.717, 1.165) is 24.0 Å². The summed E-state index contributed by atoms with van der Waals surface area (Å²) >= 11 is 3.48. The van der Waals surface area contributed by atoms with E-state index in [9.17, 15) is 0 Å². The smallest absolute Gasteiger partial charge is 0.0741 e. The van der Waals surface area contributed by atoms with Gasteiger partial charge in [0.05, 0.1) is 6.61 Å². The fourth-order valence-electron chi connectivity index (χ4n) is 2.82. The van der Waals surface area contributed by atoms with E-state index >= 15 is 0 Å². The number of hydrogen-bond donors (Lipinski definition) is 1. The summed E-state index contributed by atoms with van der Waals surface area (Å²) < 4.78 is 1.14. The van der Waals surface area contributed by atoms with Crippen LogP contribution in [-0.4, -0.2) is 31.3 Å². The molecule has 0 aliphatic carbocycles. The third-order valence-corrected chi connectivity index (χ3v) is 4.41. The third kappa shape index (κ3) is 2.27. The van der Waals surface area contributed by atoms with Crippen molar-refractivity contribution in [2.45, 2.75) is 18.5 Å². The fraction of sp³-hybridized carbons (Fsp3) is 0.538. The molecule has 92 valence electrons. The van der Waals surface area contributed by atoms with Crippen LogP contribution >= 0.6 is 15.9 Å². The highest BCUT2D eigenvalue weighted by atomic mass is 79.9. The van der Waals surface area contributed by atoms with Gasteiger partial charge in [-0.2, -0.15) is 5.06 Å². The Morgan fingerprint density at radius 3 is 2.88 bits per heavy atom. The van der Waals surface area contributed by atoms with Gasteiger partial charge in [0.1, 0.15) is 0 Å². The molecule has 0 radical (unpaired) electrons. The highest BCUT2D eigenvalue weighted by Gasteiger charge is 2.38. The molecule has 17 heavy (non-hydrogen) atoms. The number of hydroxylamine groups is 2. The van der Waals surface area contributed by atoms with Crippen LogP contribution in [0.1, 0.15) is 18.0 Å². The molecule has 2 aliphatic heterocycles. The second kappa shape index (κ2) is 4.69. The molecule has 2 aliphatic rings. The number of halogens is 1. The SMILES string of the molecule is CN1OC[C@@H]2CN[C@H](c3ccc(Br)cc3)C[C@@H]21. The fourth-order valence-corrected chi connectivity index (χ4v) is 3.08. The first-order valence-corrected chi connectivity index (χ1v) is 6.88. The average molecular weight is 297 g/mol. The topological polar surface area (TPSA) is 24.5 Å². The van der Waals surface area contributed by atoms with Crippen LogP contribution < -0.4 is 5.32 Å². The lowest BCUT2D eigenvalue weighted by molar-refractivity contribution is -0.112. The van der Waals surface area contributed by atoms with Crippen molar-refractivity contribution in [3.05, 3.63) is 34.3 Å². The van der Waals surface area contributed by atoms with E-state index in [1.165, 1.54) is 5.56 Å².